The fraction of sp³-hybridized carbons (Fsp3) is 0.375. The number of hydrogen-bond donors (Lipinski definition) is 1. The monoisotopic (exact) mass is 200 g/mol. The molecule has 2 heterocycles. The van der Waals surface area contributed by atoms with E-state index in [-0.39, 0.29) is 6.10 Å². The summed E-state index contributed by atoms with van der Waals surface area (Å²) in [5.41, 5.74) is 6.13. The van der Waals surface area contributed by atoms with Crippen LogP contribution in [-0.4, -0.2) is 24.3 Å². The van der Waals surface area contributed by atoms with Crippen LogP contribution in [0.5, 0.6) is 5.88 Å². The molecule has 0 atom stereocenters. The van der Waals surface area contributed by atoms with Crippen molar-refractivity contribution in [2.45, 2.75) is 6.10 Å². The minimum Gasteiger partial charge on any atom is -0.468 e. The predicted molar refractivity (Wildman–Crippen MR) is 48.9 cm³/mol. The third kappa shape index (κ3) is 1.84. The molecule has 1 aromatic heterocycles. The van der Waals surface area contributed by atoms with Crippen LogP contribution in [0.2, 0.25) is 5.15 Å². The number of ether oxygens (including phenoxy) is 2. The van der Waals surface area contributed by atoms with E-state index < -0.39 is 0 Å². The van der Waals surface area contributed by atoms with Gasteiger partial charge in [0.25, 0.3) is 0 Å². The minimum atomic E-state index is 0.0632. The number of hydrogen-bond acceptors (Lipinski definition) is 4. The number of pyridine rings is 1. The Morgan fingerprint density at radius 1 is 1.54 bits per heavy atom. The summed E-state index contributed by atoms with van der Waals surface area (Å²) in [6, 6.07) is 3.30. The summed E-state index contributed by atoms with van der Waals surface area (Å²) >= 11 is 5.68. The highest BCUT2D eigenvalue weighted by atomic mass is 35.5. The first-order chi connectivity index (χ1) is 6.25. The second kappa shape index (κ2) is 3.40. The fourth-order valence-electron chi connectivity index (χ4n) is 0.963. The summed E-state index contributed by atoms with van der Waals surface area (Å²) in [7, 11) is 0. The van der Waals surface area contributed by atoms with Crippen LogP contribution < -0.4 is 10.5 Å². The molecule has 1 fully saturated rings. The molecule has 70 valence electrons. The number of nitrogen functional groups attached to an aromatic ring is 1. The zero-order chi connectivity index (χ0) is 9.26. The Morgan fingerprint density at radius 2 is 2.31 bits per heavy atom. The third-order valence-corrected chi connectivity index (χ3v) is 1.95. The van der Waals surface area contributed by atoms with Gasteiger partial charge in [0.2, 0.25) is 5.88 Å². The van der Waals surface area contributed by atoms with E-state index in [0.717, 1.165) is 0 Å². The van der Waals surface area contributed by atoms with Gasteiger partial charge < -0.3 is 15.2 Å². The number of anilines is 1. The maximum Gasteiger partial charge on any atom is 0.239 e. The zero-order valence-corrected chi connectivity index (χ0v) is 7.62. The summed E-state index contributed by atoms with van der Waals surface area (Å²) in [6.07, 6.45) is 0.0632. The lowest BCUT2D eigenvalue weighted by molar-refractivity contribution is -0.0810. The molecule has 0 aliphatic carbocycles. The molecule has 0 saturated carbocycles. The molecule has 1 aromatic rings. The van der Waals surface area contributed by atoms with Gasteiger partial charge in [0.05, 0.1) is 18.9 Å². The molecule has 1 aliphatic heterocycles. The van der Waals surface area contributed by atoms with Gasteiger partial charge in [-0.1, -0.05) is 11.6 Å². The third-order valence-electron chi connectivity index (χ3n) is 1.74. The van der Waals surface area contributed by atoms with E-state index in [9.17, 15) is 0 Å². The molecular formula is C8H9ClN2O2. The highest BCUT2D eigenvalue weighted by Crippen LogP contribution is 2.23. The van der Waals surface area contributed by atoms with Crippen LogP contribution in [0.1, 0.15) is 0 Å². The van der Waals surface area contributed by atoms with Gasteiger partial charge in [-0.25, -0.2) is 0 Å². The van der Waals surface area contributed by atoms with E-state index >= 15 is 0 Å². The lowest BCUT2D eigenvalue weighted by Gasteiger charge is -2.26. The van der Waals surface area contributed by atoms with Crippen molar-refractivity contribution < 1.29 is 9.47 Å². The van der Waals surface area contributed by atoms with Crippen LogP contribution in [-0.2, 0) is 4.74 Å². The number of nitrogens with zero attached hydrogens (tertiary/aromatic N) is 1. The Bertz CT molecular complexity index is 315. The van der Waals surface area contributed by atoms with E-state index in [1.54, 1.807) is 12.1 Å². The lowest BCUT2D eigenvalue weighted by atomic mass is 10.3. The average molecular weight is 201 g/mol. The van der Waals surface area contributed by atoms with E-state index in [4.69, 9.17) is 26.8 Å². The van der Waals surface area contributed by atoms with Crippen LogP contribution in [0.25, 0.3) is 0 Å². The van der Waals surface area contributed by atoms with Crippen molar-refractivity contribution in [2.24, 2.45) is 0 Å². The molecule has 2 N–H and O–H groups in total. The second-order valence-electron chi connectivity index (χ2n) is 2.81. The van der Waals surface area contributed by atoms with Crippen molar-refractivity contribution in [3.8, 4) is 5.88 Å². The molecule has 0 bridgehead atoms. The molecule has 2 rings (SSSR count). The van der Waals surface area contributed by atoms with Crippen molar-refractivity contribution in [3.05, 3.63) is 17.3 Å². The maximum atomic E-state index is 5.68. The minimum absolute atomic E-state index is 0.0632. The highest BCUT2D eigenvalue weighted by Gasteiger charge is 2.21. The van der Waals surface area contributed by atoms with Crippen LogP contribution in [0.4, 0.5) is 5.69 Å². The van der Waals surface area contributed by atoms with Crippen molar-refractivity contribution in [2.75, 3.05) is 18.9 Å². The molecule has 0 unspecified atom stereocenters. The SMILES string of the molecule is Nc1ccc(Cl)nc1OC1COC1. The molecule has 5 heteroatoms. The molecule has 1 aliphatic rings. The summed E-state index contributed by atoms with van der Waals surface area (Å²) in [6.45, 7) is 1.18. The molecule has 0 spiro atoms. The maximum absolute atomic E-state index is 5.68. The second-order valence-corrected chi connectivity index (χ2v) is 3.19. The van der Waals surface area contributed by atoms with Crippen molar-refractivity contribution in [1.29, 1.82) is 0 Å². The van der Waals surface area contributed by atoms with Crippen LogP contribution in [0.3, 0.4) is 0 Å². The Hall–Kier alpha value is -1.00. The quantitative estimate of drug-likeness (QED) is 0.727. The van der Waals surface area contributed by atoms with E-state index in [1.165, 1.54) is 0 Å². The first-order valence-corrected chi connectivity index (χ1v) is 4.30. The summed E-state index contributed by atoms with van der Waals surface area (Å²) in [5.74, 6) is 0.390. The number of halogens is 1. The topological polar surface area (TPSA) is 57.4 Å². The molecule has 0 radical (unpaired) electrons. The van der Waals surface area contributed by atoms with Gasteiger partial charge in [0, 0.05) is 0 Å². The molecule has 13 heavy (non-hydrogen) atoms. The summed E-state index contributed by atoms with van der Waals surface area (Å²) in [4.78, 5) is 3.96. The number of nitrogens with two attached hydrogens (primary N) is 1. The molecule has 4 nitrogen and oxygen atoms in total. The van der Waals surface area contributed by atoms with Crippen LogP contribution >= 0.6 is 11.6 Å². The van der Waals surface area contributed by atoms with Gasteiger partial charge in [-0.2, -0.15) is 4.98 Å². The zero-order valence-electron chi connectivity index (χ0n) is 6.87. The Morgan fingerprint density at radius 3 is 2.92 bits per heavy atom. The normalized spacial score (nSPS) is 16.7. The fourth-order valence-corrected chi connectivity index (χ4v) is 1.10. The largest absolute Gasteiger partial charge is 0.468 e. The van der Waals surface area contributed by atoms with E-state index in [2.05, 4.69) is 4.98 Å². The molecule has 1 saturated heterocycles. The van der Waals surface area contributed by atoms with Gasteiger partial charge >= 0.3 is 0 Å². The first kappa shape index (κ1) is 8.59. The Labute approximate surface area is 80.6 Å². The molecular weight excluding hydrogens is 192 g/mol. The summed E-state index contributed by atoms with van der Waals surface area (Å²) in [5, 5.41) is 0.379. The first-order valence-electron chi connectivity index (χ1n) is 3.92. The predicted octanol–water partition coefficient (Wildman–Crippen LogP) is 1.09. The average Bonchev–Trinajstić information content (AvgIpc) is 2.03. The lowest BCUT2D eigenvalue weighted by Crippen LogP contribution is -2.38. The van der Waals surface area contributed by atoms with E-state index in [1.807, 2.05) is 0 Å². The summed E-state index contributed by atoms with van der Waals surface area (Å²) < 4.78 is 10.4. The van der Waals surface area contributed by atoms with Crippen LogP contribution in [0, 0.1) is 0 Å². The van der Waals surface area contributed by atoms with Crippen molar-refractivity contribution in [1.82, 2.24) is 4.98 Å². The van der Waals surface area contributed by atoms with Gasteiger partial charge in [-0.05, 0) is 12.1 Å². The van der Waals surface area contributed by atoms with Gasteiger partial charge in [-0.15, -0.1) is 0 Å². The van der Waals surface area contributed by atoms with Crippen molar-refractivity contribution >= 4 is 17.3 Å². The molecule has 0 amide bonds. The Kier molecular flexibility index (Phi) is 2.24. The highest BCUT2D eigenvalue weighted by molar-refractivity contribution is 6.29. The van der Waals surface area contributed by atoms with Gasteiger partial charge in [0.15, 0.2) is 0 Å². The van der Waals surface area contributed by atoms with Crippen molar-refractivity contribution in [3.63, 3.8) is 0 Å². The number of aromatic nitrogens is 1. The Balaban J connectivity index is 2.13. The van der Waals surface area contributed by atoms with Crippen LogP contribution in [0.15, 0.2) is 12.1 Å². The van der Waals surface area contributed by atoms with Gasteiger partial charge in [-0.3, -0.25) is 0 Å². The van der Waals surface area contributed by atoms with E-state index in [0.29, 0.717) is 29.9 Å². The van der Waals surface area contributed by atoms with Gasteiger partial charge in [0.1, 0.15) is 11.3 Å². The standard InChI is InChI=1S/C8H9ClN2O2/c9-7-2-1-6(10)8(11-7)13-5-3-12-4-5/h1-2,5H,3-4,10H2. The number of rotatable bonds is 2. The smallest absolute Gasteiger partial charge is 0.239 e. The molecule has 0 aromatic carbocycles.